The van der Waals surface area contributed by atoms with Crippen LogP contribution in [-0.4, -0.2) is 48.2 Å². The second-order valence-electron chi connectivity index (χ2n) is 7.25. The lowest BCUT2D eigenvalue weighted by molar-refractivity contribution is -0.0452. The molecule has 4 heterocycles. The minimum Gasteiger partial charge on any atom is -0.468 e. The van der Waals surface area contributed by atoms with Gasteiger partial charge in [0.25, 0.3) is 0 Å². The normalized spacial score (nSPS) is 24.2. The highest BCUT2D eigenvalue weighted by Crippen LogP contribution is 2.38. The SMILES string of the molecule is CN(Cc1ccco1)C1COC2(CCN(Cc3ccsc3)CC2)C1. The Balaban J connectivity index is 1.28. The Labute approximate surface area is 148 Å². The summed E-state index contributed by atoms with van der Waals surface area (Å²) in [6.45, 7) is 5.08. The molecule has 2 aromatic rings. The fourth-order valence-corrected chi connectivity index (χ4v) is 4.65. The molecule has 0 N–H and O–H groups in total. The van der Waals surface area contributed by atoms with Crippen molar-refractivity contribution >= 4 is 11.3 Å². The minimum absolute atomic E-state index is 0.104. The lowest BCUT2D eigenvalue weighted by Gasteiger charge is -2.38. The fourth-order valence-electron chi connectivity index (χ4n) is 3.99. The lowest BCUT2D eigenvalue weighted by Crippen LogP contribution is -2.44. The molecule has 0 amide bonds. The van der Waals surface area contributed by atoms with Gasteiger partial charge in [-0.15, -0.1) is 0 Å². The van der Waals surface area contributed by atoms with Crippen LogP contribution >= 0.6 is 11.3 Å². The van der Waals surface area contributed by atoms with E-state index >= 15 is 0 Å². The zero-order valence-electron chi connectivity index (χ0n) is 14.3. The van der Waals surface area contributed by atoms with Crippen molar-refractivity contribution < 1.29 is 9.15 Å². The molecule has 0 bridgehead atoms. The molecule has 130 valence electrons. The zero-order chi connectivity index (χ0) is 16.4. The molecule has 0 aliphatic carbocycles. The van der Waals surface area contributed by atoms with Crippen LogP contribution in [-0.2, 0) is 17.8 Å². The van der Waals surface area contributed by atoms with Crippen molar-refractivity contribution in [2.24, 2.45) is 0 Å². The van der Waals surface area contributed by atoms with Crippen molar-refractivity contribution in [3.63, 3.8) is 0 Å². The molecule has 2 aliphatic heterocycles. The van der Waals surface area contributed by atoms with Crippen molar-refractivity contribution in [3.8, 4) is 0 Å². The zero-order valence-corrected chi connectivity index (χ0v) is 15.1. The Morgan fingerprint density at radius 1 is 1.33 bits per heavy atom. The van der Waals surface area contributed by atoms with Gasteiger partial charge in [0.15, 0.2) is 0 Å². The molecule has 1 atom stereocenters. The average molecular weight is 346 g/mol. The van der Waals surface area contributed by atoms with Crippen LogP contribution < -0.4 is 0 Å². The topological polar surface area (TPSA) is 28.9 Å². The first-order valence-corrected chi connectivity index (χ1v) is 9.77. The summed E-state index contributed by atoms with van der Waals surface area (Å²) in [5.74, 6) is 1.03. The molecule has 24 heavy (non-hydrogen) atoms. The van der Waals surface area contributed by atoms with Crippen LogP contribution in [0.5, 0.6) is 0 Å². The van der Waals surface area contributed by atoms with Crippen LogP contribution in [0.2, 0.25) is 0 Å². The maximum absolute atomic E-state index is 6.32. The highest BCUT2D eigenvalue weighted by Gasteiger charge is 2.43. The third kappa shape index (κ3) is 3.59. The van der Waals surface area contributed by atoms with Crippen molar-refractivity contribution in [1.29, 1.82) is 0 Å². The fraction of sp³-hybridized carbons (Fsp3) is 0.579. The quantitative estimate of drug-likeness (QED) is 0.827. The van der Waals surface area contributed by atoms with Crippen LogP contribution in [0.3, 0.4) is 0 Å². The number of furan rings is 1. The maximum atomic E-state index is 6.32. The van der Waals surface area contributed by atoms with E-state index in [1.165, 1.54) is 5.56 Å². The summed E-state index contributed by atoms with van der Waals surface area (Å²) < 4.78 is 11.8. The molecule has 0 saturated carbocycles. The molecule has 5 heteroatoms. The number of piperidine rings is 1. The molecule has 0 radical (unpaired) electrons. The number of hydrogen-bond donors (Lipinski definition) is 0. The second kappa shape index (κ2) is 7.00. The van der Waals surface area contributed by atoms with E-state index in [2.05, 4.69) is 33.7 Å². The van der Waals surface area contributed by atoms with Crippen LogP contribution in [0.4, 0.5) is 0 Å². The molecular weight excluding hydrogens is 320 g/mol. The Morgan fingerprint density at radius 2 is 2.21 bits per heavy atom. The monoisotopic (exact) mass is 346 g/mol. The van der Waals surface area contributed by atoms with Gasteiger partial charge in [-0.1, -0.05) is 0 Å². The van der Waals surface area contributed by atoms with E-state index in [0.29, 0.717) is 6.04 Å². The Hall–Kier alpha value is -1.14. The smallest absolute Gasteiger partial charge is 0.117 e. The van der Waals surface area contributed by atoms with E-state index in [1.807, 2.05) is 12.1 Å². The summed E-state index contributed by atoms with van der Waals surface area (Å²) in [6.07, 6.45) is 5.21. The second-order valence-corrected chi connectivity index (χ2v) is 8.03. The molecule has 2 fully saturated rings. The van der Waals surface area contributed by atoms with Crippen molar-refractivity contribution in [2.75, 3.05) is 26.7 Å². The van der Waals surface area contributed by atoms with Crippen LogP contribution in [0.25, 0.3) is 0 Å². The van der Waals surface area contributed by atoms with Gasteiger partial charge in [-0.05, 0) is 60.8 Å². The van der Waals surface area contributed by atoms with Gasteiger partial charge in [0.2, 0.25) is 0 Å². The van der Waals surface area contributed by atoms with E-state index in [9.17, 15) is 0 Å². The molecule has 0 aromatic carbocycles. The summed E-state index contributed by atoms with van der Waals surface area (Å²) in [7, 11) is 2.18. The standard InChI is InChI=1S/C19H26N2O2S/c1-20(13-18-3-2-9-22-18)17-11-19(23-14-17)5-7-21(8-6-19)12-16-4-10-24-15-16/h2-4,9-10,15,17H,5-8,11-14H2,1H3. The van der Waals surface area contributed by atoms with Crippen LogP contribution in [0.15, 0.2) is 39.6 Å². The predicted molar refractivity (Wildman–Crippen MR) is 96.1 cm³/mol. The Morgan fingerprint density at radius 3 is 2.92 bits per heavy atom. The number of thiophene rings is 1. The van der Waals surface area contributed by atoms with E-state index in [-0.39, 0.29) is 5.60 Å². The first-order valence-electron chi connectivity index (χ1n) is 8.82. The van der Waals surface area contributed by atoms with E-state index < -0.39 is 0 Å². The maximum Gasteiger partial charge on any atom is 0.117 e. The van der Waals surface area contributed by atoms with E-state index in [1.54, 1.807) is 17.6 Å². The largest absolute Gasteiger partial charge is 0.468 e. The molecule has 2 aromatic heterocycles. The summed E-state index contributed by atoms with van der Waals surface area (Å²) in [5, 5.41) is 4.43. The van der Waals surface area contributed by atoms with Gasteiger partial charge in [0.1, 0.15) is 5.76 Å². The van der Waals surface area contributed by atoms with Crippen molar-refractivity contribution in [3.05, 3.63) is 46.5 Å². The van der Waals surface area contributed by atoms with Gasteiger partial charge < -0.3 is 9.15 Å². The van der Waals surface area contributed by atoms with Gasteiger partial charge in [0, 0.05) is 25.7 Å². The molecular formula is C19H26N2O2S. The summed E-state index contributed by atoms with van der Waals surface area (Å²) in [6, 6.07) is 6.74. The first-order chi connectivity index (χ1) is 11.7. The summed E-state index contributed by atoms with van der Waals surface area (Å²) in [4.78, 5) is 4.95. The van der Waals surface area contributed by atoms with Gasteiger partial charge in [-0.3, -0.25) is 9.80 Å². The number of likely N-dealkylation sites (tertiary alicyclic amines) is 1. The molecule has 1 spiro atoms. The van der Waals surface area contributed by atoms with Crippen molar-refractivity contribution in [2.45, 2.75) is 44.0 Å². The number of nitrogens with zero attached hydrogens (tertiary/aromatic N) is 2. The van der Waals surface area contributed by atoms with E-state index in [4.69, 9.17) is 9.15 Å². The number of ether oxygens (including phenoxy) is 1. The average Bonchev–Trinajstić information content (AvgIpc) is 3.33. The summed E-state index contributed by atoms with van der Waals surface area (Å²) >= 11 is 1.79. The minimum atomic E-state index is 0.104. The van der Waals surface area contributed by atoms with Gasteiger partial charge in [-0.25, -0.2) is 0 Å². The third-order valence-corrected chi connectivity index (χ3v) is 6.28. The highest BCUT2D eigenvalue weighted by atomic mass is 32.1. The van der Waals surface area contributed by atoms with Gasteiger partial charge in [0.05, 0.1) is 25.0 Å². The molecule has 4 nitrogen and oxygen atoms in total. The third-order valence-electron chi connectivity index (χ3n) is 5.55. The lowest BCUT2D eigenvalue weighted by atomic mass is 9.87. The number of hydrogen-bond acceptors (Lipinski definition) is 5. The molecule has 2 aliphatic rings. The highest BCUT2D eigenvalue weighted by molar-refractivity contribution is 7.07. The Kier molecular flexibility index (Phi) is 4.77. The molecule has 1 unspecified atom stereocenters. The predicted octanol–water partition coefficient (Wildman–Crippen LogP) is 3.60. The first kappa shape index (κ1) is 16.3. The number of likely N-dealkylation sites (N-methyl/N-ethyl adjacent to an activating group) is 1. The van der Waals surface area contributed by atoms with Crippen LogP contribution in [0, 0.1) is 0 Å². The van der Waals surface area contributed by atoms with Gasteiger partial charge in [-0.2, -0.15) is 11.3 Å². The molecule has 4 rings (SSSR count). The Bertz CT molecular complexity index is 618. The summed E-state index contributed by atoms with van der Waals surface area (Å²) in [5.41, 5.74) is 1.55. The molecule has 2 saturated heterocycles. The van der Waals surface area contributed by atoms with E-state index in [0.717, 1.165) is 57.8 Å². The van der Waals surface area contributed by atoms with Gasteiger partial charge >= 0.3 is 0 Å². The van der Waals surface area contributed by atoms with Crippen molar-refractivity contribution in [1.82, 2.24) is 9.80 Å². The number of rotatable bonds is 5. The van der Waals surface area contributed by atoms with Crippen LogP contribution in [0.1, 0.15) is 30.6 Å².